The van der Waals surface area contributed by atoms with E-state index in [1.165, 1.54) is 6.26 Å². The van der Waals surface area contributed by atoms with Crippen molar-refractivity contribution in [3.8, 4) is 0 Å². The number of nitrogens with zero attached hydrogens (tertiary/aromatic N) is 1. The number of hydrogen-bond donors (Lipinski definition) is 1. The van der Waals surface area contributed by atoms with Crippen LogP contribution in [0.1, 0.15) is 30.9 Å². The van der Waals surface area contributed by atoms with Crippen LogP contribution in [0.2, 0.25) is 0 Å². The van der Waals surface area contributed by atoms with E-state index in [2.05, 4.69) is 5.32 Å². The van der Waals surface area contributed by atoms with Crippen LogP contribution in [-0.4, -0.2) is 49.9 Å². The Morgan fingerprint density at radius 3 is 2.33 bits per heavy atom. The van der Waals surface area contributed by atoms with Crippen LogP contribution in [0.25, 0.3) is 0 Å². The van der Waals surface area contributed by atoms with Gasteiger partial charge in [-0.1, -0.05) is 24.3 Å². The fourth-order valence-electron chi connectivity index (χ4n) is 3.18. The number of halogens is 1. The molecular weight excluding hydrogens is 348 g/mol. The van der Waals surface area contributed by atoms with E-state index in [-0.39, 0.29) is 18.3 Å². The molecular formula is C17H27ClN2O3S. The molecule has 7 heteroatoms. The van der Waals surface area contributed by atoms with Gasteiger partial charge in [-0.2, -0.15) is 0 Å². The molecule has 0 radical (unpaired) electrons. The Kier molecular flexibility index (Phi) is 7.25. The number of carbonyl (C=O) groups excluding carboxylic acids is 1. The average molecular weight is 375 g/mol. The summed E-state index contributed by atoms with van der Waals surface area (Å²) in [6.45, 7) is 5.96. The average Bonchev–Trinajstić information content (AvgIpc) is 2.53. The molecule has 1 N–H and O–H groups in total. The summed E-state index contributed by atoms with van der Waals surface area (Å²) in [4.78, 5) is 14.8. The second-order valence-corrected chi connectivity index (χ2v) is 8.59. The molecule has 0 aliphatic carbocycles. The second kappa shape index (κ2) is 8.32. The highest BCUT2D eigenvalue weighted by atomic mass is 35.5. The van der Waals surface area contributed by atoms with Crippen LogP contribution in [0, 0.1) is 6.92 Å². The molecule has 0 atom stereocenters. The van der Waals surface area contributed by atoms with Gasteiger partial charge in [-0.25, -0.2) is 8.42 Å². The van der Waals surface area contributed by atoms with E-state index in [4.69, 9.17) is 0 Å². The van der Waals surface area contributed by atoms with E-state index in [1.54, 1.807) is 4.90 Å². The lowest BCUT2D eigenvalue weighted by Crippen LogP contribution is -2.58. The van der Waals surface area contributed by atoms with Crippen molar-refractivity contribution in [2.24, 2.45) is 0 Å². The first kappa shape index (κ1) is 20.9. The minimum atomic E-state index is -3.48. The number of benzene rings is 1. The molecule has 1 amide bonds. The van der Waals surface area contributed by atoms with Crippen molar-refractivity contribution >= 4 is 28.2 Å². The van der Waals surface area contributed by atoms with Gasteiger partial charge < -0.3 is 10.2 Å². The SMILES string of the molecule is CCN(Cc1ccccc1C)C(=O)C1(S(C)(=O)=O)CCNCC1.Cl. The normalized spacial score (nSPS) is 17.0. The van der Waals surface area contributed by atoms with Crippen LogP contribution < -0.4 is 5.32 Å². The topological polar surface area (TPSA) is 66.5 Å². The highest BCUT2D eigenvalue weighted by molar-refractivity contribution is 7.92. The minimum Gasteiger partial charge on any atom is -0.337 e. The lowest BCUT2D eigenvalue weighted by molar-refractivity contribution is -0.135. The molecule has 24 heavy (non-hydrogen) atoms. The summed E-state index contributed by atoms with van der Waals surface area (Å²) in [6.07, 6.45) is 1.88. The predicted octanol–water partition coefficient (Wildman–Crippen LogP) is 1.93. The first-order chi connectivity index (χ1) is 10.8. The Morgan fingerprint density at radius 1 is 1.25 bits per heavy atom. The summed E-state index contributed by atoms with van der Waals surface area (Å²) in [7, 11) is -3.48. The van der Waals surface area contributed by atoms with Crippen LogP contribution in [0.3, 0.4) is 0 Å². The Morgan fingerprint density at radius 2 is 1.83 bits per heavy atom. The highest BCUT2D eigenvalue weighted by Gasteiger charge is 2.50. The van der Waals surface area contributed by atoms with Crippen LogP contribution in [0.15, 0.2) is 24.3 Å². The van der Waals surface area contributed by atoms with Gasteiger partial charge in [0.2, 0.25) is 5.91 Å². The third kappa shape index (κ3) is 4.10. The molecule has 2 rings (SSSR count). The Labute approximate surface area is 151 Å². The molecule has 0 aromatic heterocycles. The number of nitrogens with one attached hydrogen (secondary N) is 1. The third-order valence-electron chi connectivity index (χ3n) is 4.80. The molecule has 1 aliphatic heterocycles. The number of piperidine rings is 1. The van der Waals surface area contributed by atoms with E-state index in [1.807, 2.05) is 38.1 Å². The zero-order valence-corrected chi connectivity index (χ0v) is 16.2. The van der Waals surface area contributed by atoms with Crippen molar-refractivity contribution in [3.05, 3.63) is 35.4 Å². The van der Waals surface area contributed by atoms with E-state index in [0.29, 0.717) is 39.0 Å². The lowest BCUT2D eigenvalue weighted by Gasteiger charge is -2.38. The standard InChI is InChI=1S/C17H26N2O3S.ClH/c1-4-19(13-15-8-6-5-7-14(15)2)16(20)17(23(3,21)22)9-11-18-12-10-17;/h5-8,18H,4,9-13H2,1-3H3;1H. The van der Waals surface area contributed by atoms with E-state index in [9.17, 15) is 13.2 Å². The molecule has 1 heterocycles. The van der Waals surface area contributed by atoms with E-state index in [0.717, 1.165) is 11.1 Å². The Hall–Kier alpha value is -1.11. The van der Waals surface area contributed by atoms with Crippen molar-refractivity contribution in [2.45, 2.75) is 38.0 Å². The summed E-state index contributed by atoms with van der Waals surface area (Å²) in [5, 5.41) is 3.15. The molecule has 5 nitrogen and oxygen atoms in total. The third-order valence-corrected chi connectivity index (χ3v) is 6.80. The summed E-state index contributed by atoms with van der Waals surface area (Å²) >= 11 is 0. The number of amides is 1. The number of rotatable bonds is 5. The molecule has 136 valence electrons. The summed E-state index contributed by atoms with van der Waals surface area (Å²) in [5.41, 5.74) is 2.16. The maximum absolute atomic E-state index is 13.1. The molecule has 1 fully saturated rings. The van der Waals surface area contributed by atoms with Crippen molar-refractivity contribution < 1.29 is 13.2 Å². The van der Waals surface area contributed by atoms with Crippen LogP contribution in [-0.2, 0) is 21.2 Å². The van der Waals surface area contributed by atoms with Gasteiger partial charge >= 0.3 is 0 Å². The maximum atomic E-state index is 13.1. The maximum Gasteiger partial charge on any atom is 0.244 e. The van der Waals surface area contributed by atoms with Gasteiger partial charge in [-0.05, 0) is 50.9 Å². The zero-order valence-electron chi connectivity index (χ0n) is 14.5. The zero-order chi connectivity index (χ0) is 17.1. The molecule has 1 aromatic carbocycles. The molecule has 0 saturated carbocycles. The smallest absolute Gasteiger partial charge is 0.244 e. The van der Waals surface area contributed by atoms with Crippen molar-refractivity contribution in [2.75, 3.05) is 25.9 Å². The number of hydrogen-bond acceptors (Lipinski definition) is 4. The van der Waals surface area contributed by atoms with Crippen molar-refractivity contribution in [1.82, 2.24) is 10.2 Å². The van der Waals surface area contributed by atoms with E-state index < -0.39 is 14.6 Å². The Balaban J connectivity index is 0.00000288. The molecule has 0 spiro atoms. The first-order valence-electron chi connectivity index (χ1n) is 8.06. The number of sulfone groups is 1. The Bertz CT molecular complexity index is 670. The van der Waals surface area contributed by atoms with Crippen LogP contribution in [0.4, 0.5) is 0 Å². The van der Waals surface area contributed by atoms with Gasteiger partial charge in [0.05, 0.1) is 0 Å². The predicted molar refractivity (Wildman–Crippen MR) is 99.2 cm³/mol. The van der Waals surface area contributed by atoms with Crippen molar-refractivity contribution in [1.29, 1.82) is 0 Å². The molecule has 1 aliphatic rings. The van der Waals surface area contributed by atoms with Gasteiger partial charge in [-0.15, -0.1) is 12.4 Å². The first-order valence-corrected chi connectivity index (χ1v) is 9.95. The molecule has 0 unspecified atom stereocenters. The molecule has 1 saturated heterocycles. The second-order valence-electron chi connectivity index (χ2n) is 6.26. The minimum absolute atomic E-state index is 0. The highest BCUT2D eigenvalue weighted by Crippen LogP contribution is 2.30. The van der Waals surface area contributed by atoms with Gasteiger partial charge in [-0.3, -0.25) is 4.79 Å². The quantitative estimate of drug-likeness (QED) is 0.855. The largest absolute Gasteiger partial charge is 0.337 e. The fourth-order valence-corrected chi connectivity index (χ4v) is 4.57. The monoisotopic (exact) mass is 374 g/mol. The lowest BCUT2D eigenvalue weighted by atomic mass is 9.94. The van der Waals surface area contributed by atoms with Crippen molar-refractivity contribution in [3.63, 3.8) is 0 Å². The van der Waals surface area contributed by atoms with Crippen LogP contribution >= 0.6 is 12.4 Å². The molecule has 1 aromatic rings. The van der Waals surface area contributed by atoms with Gasteiger partial charge in [0.25, 0.3) is 0 Å². The van der Waals surface area contributed by atoms with Gasteiger partial charge in [0.1, 0.15) is 0 Å². The van der Waals surface area contributed by atoms with Gasteiger partial charge in [0, 0.05) is 19.3 Å². The fraction of sp³-hybridized carbons (Fsp3) is 0.588. The van der Waals surface area contributed by atoms with E-state index >= 15 is 0 Å². The summed E-state index contributed by atoms with van der Waals surface area (Å²) in [5.74, 6) is -0.257. The molecule has 0 bridgehead atoms. The number of carbonyl (C=O) groups is 1. The van der Waals surface area contributed by atoms with Crippen LogP contribution in [0.5, 0.6) is 0 Å². The van der Waals surface area contributed by atoms with Gasteiger partial charge in [0.15, 0.2) is 14.6 Å². The number of aryl methyl sites for hydroxylation is 1. The summed E-state index contributed by atoms with van der Waals surface area (Å²) in [6, 6.07) is 7.89. The summed E-state index contributed by atoms with van der Waals surface area (Å²) < 4.78 is 23.5.